The standard InChI is InChI=1S/C30H34F4N6O2S/c1-16(2)40-29-21(18-8-10-19(11-9-18)36-14-17(3)31)15-37-30(35)27(29)28(38-40)20-12-24(34)25(13-23(20)33)39-43(41,42)26-7-5-4-6-22(26)32/h4-7,12-13,15-19,36,39H,8-11,14H2,1-3H3,(H2,35,37). The molecule has 0 saturated heterocycles. The van der Waals surface area contributed by atoms with E-state index in [-0.39, 0.29) is 35.1 Å². The Labute approximate surface area is 247 Å². The van der Waals surface area contributed by atoms with Crippen LogP contribution in [0.3, 0.4) is 0 Å². The summed E-state index contributed by atoms with van der Waals surface area (Å²) in [5, 5.41) is 8.29. The van der Waals surface area contributed by atoms with Crippen LogP contribution in [0.1, 0.15) is 64.0 Å². The molecule has 5 rings (SSSR count). The molecule has 4 aromatic rings. The Balaban J connectivity index is 1.53. The number of anilines is 2. The topological polar surface area (TPSA) is 115 Å². The molecule has 2 aromatic heterocycles. The summed E-state index contributed by atoms with van der Waals surface area (Å²) in [4.78, 5) is 3.70. The SMILES string of the molecule is CC(F)CNC1CCC(c2cnc(N)c3c(-c4cc(F)c(NS(=O)(=O)c5ccccc5F)cc4F)nn(C(C)C)c23)CC1. The maximum Gasteiger partial charge on any atom is 0.264 e. The van der Waals surface area contributed by atoms with E-state index in [2.05, 4.69) is 15.4 Å². The molecule has 230 valence electrons. The Hall–Kier alpha value is -3.71. The predicted molar refractivity (Wildman–Crippen MR) is 158 cm³/mol. The van der Waals surface area contributed by atoms with Crippen molar-refractivity contribution < 1.29 is 26.0 Å². The second kappa shape index (κ2) is 12.1. The van der Waals surface area contributed by atoms with Gasteiger partial charge in [0.1, 0.15) is 40.0 Å². The Morgan fingerprint density at radius 3 is 2.37 bits per heavy atom. The summed E-state index contributed by atoms with van der Waals surface area (Å²) in [6.45, 7) is 5.64. The molecule has 1 atom stereocenters. The molecule has 0 aliphatic heterocycles. The first-order valence-electron chi connectivity index (χ1n) is 14.2. The van der Waals surface area contributed by atoms with Crippen molar-refractivity contribution >= 4 is 32.4 Å². The number of nitrogens with zero attached hydrogens (tertiary/aromatic N) is 3. The zero-order valence-corrected chi connectivity index (χ0v) is 24.9. The number of aromatic nitrogens is 3. The fraction of sp³-hybridized carbons (Fsp3) is 0.400. The van der Waals surface area contributed by atoms with E-state index in [0.29, 0.717) is 23.5 Å². The number of nitrogen functional groups attached to an aromatic ring is 1. The normalized spacial score (nSPS) is 18.3. The first-order valence-corrected chi connectivity index (χ1v) is 15.7. The van der Waals surface area contributed by atoms with Gasteiger partial charge in [0.25, 0.3) is 10.0 Å². The number of pyridine rings is 1. The first kappa shape index (κ1) is 30.7. The van der Waals surface area contributed by atoms with Crippen LogP contribution in [0.4, 0.5) is 29.1 Å². The van der Waals surface area contributed by atoms with E-state index in [9.17, 15) is 17.2 Å². The Morgan fingerprint density at radius 1 is 1.02 bits per heavy atom. The Bertz CT molecular complexity index is 1750. The third kappa shape index (κ3) is 6.19. The molecular weight excluding hydrogens is 584 g/mol. The number of halogens is 4. The van der Waals surface area contributed by atoms with E-state index in [1.807, 2.05) is 18.6 Å². The van der Waals surface area contributed by atoms with Gasteiger partial charge in [-0.25, -0.2) is 31.0 Å². The van der Waals surface area contributed by atoms with Crippen molar-refractivity contribution in [2.45, 2.75) is 75.5 Å². The van der Waals surface area contributed by atoms with Crippen LogP contribution < -0.4 is 15.8 Å². The van der Waals surface area contributed by atoms with E-state index in [4.69, 9.17) is 5.73 Å². The highest BCUT2D eigenvalue weighted by Crippen LogP contribution is 2.42. The maximum atomic E-state index is 15.7. The molecule has 43 heavy (non-hydrogen) atoms. The Morgan fingerprint density at radius 2 is 1.72 bits per heavy atom. The third-order valence-corrected chi connectivity index (χ3v) is 9.21. The van der Waals surface area contributed by atoms with Gasteiger partial charge in [0.05, 0.1) is 16.6 Å². The van der Waals surface area contributed by atoms with Gasteiger partial charge < -0.3 is 11.1 Å². The highest BCUT2D eigenvalue weighted by Gasteiger charge is 2.30. The van der Waals surface area contributed by atoms with E-state index in [1.54, 1.807) is 10.9 Å². The highest BCUT2D eigenvalue weighted by molar-refractivity contribution is 7.92. The van der Waals surface area contributed by atoms with Crippen molar-refractivity contribution in [2.24, 2.45) is 0 Å². The molecule has 13 heteroatoms. The number of nitrogens with one attached hydrogen (secondary N) is 2. The number of rotatable bonds is 9. The van der Waals surface area contributed by atoms with Crippen molar-refractivity contribution in [1.29, 1.82) is 0 Å². The van der Waals surface area contributed by atoms with Gasteiger partial charge in [-0.2, -0.15) is 5.10 Å². The summed E-state index contributed by atoms with van der Waals surface area (Å²) in [7, 11) is -4.54. The van der Waals surface area contributed by atoms with Crippen LogP contribution in [0.15, 0.2) is 47.5 Å². The molecule has 0 spiro atoms. The maximum absolute atomic E-state index is 15.7. The number of hydrogen-bond donors (Lipinski definition) is 3. The van der Waals surface area contributed by atoms with E-state index < -0.39 is 44.2 Å². The lowest BCUT2D eigenvalue weighted by Gasteiger charge is -2.30. The minimum absolute atomic E-state index is 0.0720. The Kier molecular flexibility index (Phi) is 8.66. The molecule has 1 aliphatic rings. The van der Waals surface area contributed by atoms with Crippen molar-refractivity contribution in [1.82, 2.24) is 20.1 Å². The zero-order valence-electron chi connectivity index (χ0n) is 24.0. The molecule has 2 heterocycles. The van der Waals surface area contributed by atoms with Crippen LogP contribution in [0.2, 0.25) is 0 Å². The molecule has 4 N–H and O–H groups in total. The van der Waals surface area contributed by atoms with Gasteiger partial charge in [-0.1, -0.05) is 12.1 Å². The van der Waals surface area contributed by atoms with Crippen LogP contribution in [-0.4, -0.2) is 41.9 Å². The molecule has 0 radical (unpaired) electrons. The van der Waals surface area contributed by atoms with Crippen molar-refractivity contribution in [3.05, 3.63) is 65.6 Å². The minimum Gasteiger partial charge on any atom is -0.383 e. The van der Waals surface area contributed by atoms with Crippen LogP contribution in [0, 0.1) is 17.5 Å². The van der Waals surface area contributed by atoms with Crippen molar-refractivity contribution in [2.75, 3.05) is 17.0 Å². The van der Waals surface area contributed by atoms with Gasteiger partial charge in [-0.15, -0.1) is 0 Å². The number of sulfonamides is 1. The largest absolute Gasteiger partial charge is 0.383 e. The molecule has 1 unspecified atom stereocenters. The second-order valence-corrected chi connectivity index (χ2v) is 12.9. The zero-order chi connectivity index (χ0) is 31.1. The third-order valence-electron chi connectivity index (χ3n) is 7.81. The quantitative estimate of drug-likeness (QED) is 0.186. The molecular formula is C30H34F4N6O2S. The minimum atomic E-state index is -4.54. The van der Waals surface area contributed by atoms with Gasteiger partial charge in [0.15, 0.2) is 0 Å². The number of fused-ring (bicyclic) bond motifs is 1. The number of hydrogen-bond acceptors (Lipinski definition) is 6. The average Bonchev–Trinajstić information content (AvgIpc) is 3.36. The van der Waals surface area contributed by atoms with Crippen molar-refractivity contribution in [3.63, 3.8) is 0 Å². The lowest BCUT2D eigenvalue weighted by molar-refractivity contribution is 0.290. The molecule has 2 aromatic carbocycles. The van der Waals surface area contributed by atoms with Gasteiger partial charge in [-0.05, 0) is 76.1 Å². The predicted octanol–water partition coefficient (Wildman–Crippen LogP) is 6.45. The molecule has 8 nitrogen and oxygen atoms in total. The number of alkyl halides is 1. The summed E-state index contributed by atoms with van der Waals surface area (Å²) in [5.74, 6) is -2.87. The summed E-state index contributed by atoms with van der Waals surface area (Å²) in [6.07, 6.45) is 4.10. The summed E-state index contributed by atoms with van der Waals surface area (Å²) >= 11 is 0. The monoisotopic (exact) mass is 618 g/mol. The summed E-state index contributed by atoms with van der Waals surface area (Å²) < 4.78 is 87.5. The van der Waals surface area contributed by atoms with Crippen LogP contribution in [0.5, 0.6) is 0 Å². The fourth-order valence-electron chi connectivity index (χ4n) is 5.69. The van der Waals surface area contributed by atoms with Crippen LogP contribution in [-0.2, 0) is 10.0 Å². The van der Waals surface area contributed by atoms with Gasteiger partial charge in [-0.3, -0.25) is 9.40 Å². The van der Waals surface area contributed by atoms with E-state index in [1.165, 1.54) is 19.1 Å². The molecule has 0 bridgehead atoms. The van der Waals surface area contributed by atoms with Crippen molar-refractivity contribution in [3.8, 4) is 11.3 Å². The number of benzene rings is 2. The molecule has 1 saturated carbocycles. The lowest BCUT2D eigenvalue weighted by Crippen LogP contribution is -2.36. The van der Waals surface area contributed by atoms with E-state index in [0.717, 1.165) is 49.4 Å². The second-order valence-electron chi connectivity index (χ2n) is 11.3. The summed E-state index contributed by atoms with van der Waals surface area (Å²) in [6, 6.07) is 6.19. The first-order chi connectivity index (χ1) is 20.4. The van der Waals surface area contributed by atoms with Gasteiger partial charge in [0, 0.05) is 36.5 Å². The smallest absolute Gasteiger partial charge is 0.264 e. The number of nitrogens with two attached hydrogens (primary N) is 1. The van der Waals surface area contributed by atoms with Gasteiger partial charge in [0.2, 0.25) is 0 Å². The van der Waals surface area contributed by atoms with Crippen LogP contribution >= 0.6 is 0 Å². The average molecular weight is 619 g/mol. The molecule has 0 amide bonds. The van der Waals surface area contributed by atoms with Gasteiger partial charge >= 0.3 is 0 Å². The van der Waals surface area contributed by atoms with E-state index >= 15 is 8.78 Å². The fourth-order valence-corrected chi connectivity index (χ4v) is 6.82. The highest BCUT2D eigenvalue weighted by atomic mass is 32.2. The molecule has 1 fully saturated rings. The lowest BCUT2D eigenvalue weighted by atomic mass is 9.81. The molecule has 1 aliphatic carbocycles. The summed E-state index contributed by atoms with van der Waals surface area (Å²) in [5.41, 5.74) is 7.05. The van der Waals surface area contributed by atoms with Crippen LogP contribution in [0.25, 0.3) is 22.2 Å².